The lowest BCUT2D eigenvalue weighted by atomic mass is 9.85. The van der Waals surface area contributed by atoms with Gasteiger partial charge in [0.1, 0.15) is 28.7 Å². The first-order chi connectivity index (χ1) is 22.2. The summed E-state index contributed by atoms with van der Waals surface area (Å²) >= 11 is 0. The summed E-state index contributed by atoms with van der Waals surface area (Å²) in [7, 11) is -3.88. The van der Waals surface area contributed by atoms with Crippen molar-refractivity contribution in [2.24, 2.45) is 11.3 Å². The molecule has 2 saturated carbocycles. The van der Waals surface area contributed by atoms with Crippen LogP contribution in [0.1, 0.15) is 84.4 Å². The standard InChI is InChI=1S/C33H47N7O7S/c1-10-20-16-33(20,29(43)37-48(45,46)22-11-12-22)35-27(41)25-15-21(40-24-14-19(3)18(2)13-23(24)36-38-40)17-39(25)28(42)26(31(4,5)6)34-30(44)47-32(7,8)9/h10,13-14,20-22,25-26H,1,11-12,15-17H2,2-9H3,(H,34,44)(H,35,41)(H,37,43)/t20?,21-,25+,26-,33?/m1/s1. The number of hydrogen-bond acceptors (Lipinski definition) is 9. The summed E-state index contributed by atoms with van der Waals surface area (Å²) in [6.07, 6.45) is 1.96. The summed E-state index contributed by atoms with van der Waals surface area (Å²) in [4.78, 5) is 56.4. The van der Waals surface area contributed by atoms with Crippen molar-refractivity contribution in [3.05, 3.63) is 35.9 Å². The van der Waals surface area contributed by atoms with Crippen molar-refractivity contribution in [2.75, 3.05) is 6.54 Å². The van der Waals surface area contributed by atoms with Crippen LogP contribution in [0.5, 0.6) is 0 Å². The molecule has 1 aromatic heterocycles. The van der Waals surface area contributed by atoms with Crippen LogP contribution in [0, 0.1) is 25.2 Å². The van der Waals surface area contributed by atoms with Crippen molar-refractivity contribution in [1.29, 1.82) is 0 Å². The Labute approximate surface area is 281 Å². The second-order valence-corrected chi connectivity index (χ2v) is 17.4. The maximum atomic E-state index is 14.4. The van der Waals surface area contributed by atoms with Crippen LogP contribution in [0.4, 0.5) is 4.79 Å². The van der Waals surface area contributed by atoms with Gasteiger partial charge in [-0.05, 0) is 82.6 Å². The molecule has 5 atom stereocenters. The number of aromatic nitrogens is 3. The topological polar surface area (TPSA) is 182 Å². The summed E-state index contributed by atoms with van der Waals surface area (Å²) in [5, 5.41) is 13.6. The molecule has 2 unspecified atom stereocenters. The number of likely N-dealkylation sites (tertiary alicyclic amines) is 1. The Morgan fingerprint density at radius 3 is 2.29 bits per heavy atom. The fraction of sp³-hybridized carbons (Fsp3) is 0.636. The van der Waals surface area contributed by atoms with Gasteiger partial charge in [-0.2, -0.15) is 0 Å². The summed E-state index contributed by atoms with van der Waals surface area (Å²) in [5.41, 5.74) is 0.358. The van der Waals surface area contributed by atoms with E-state index >= 15 is 0 Å². The number of nitrogens with one attached hydrogen (secondary N) is 3. The van der Waals surface area contributed by atoms with Crippen molar-refractivity contribution in [3.63, 3.8) is 0 Å². The van der Waals surface area contributed by atoms with E-state index in [9.17, 15) is 27.6 Å². The van der Waals surface area contributed by atoms with Gasteiger partial charge < -0.3 is 20.3 Å². The number of ether oxygens (including phenoxy) is 1. The number of hydrogen-bond donors (Lipinski definition) is 3. The van der Waals surface area contributed by atoms with Gasteiger partial charge in [0.2, 0.25) is 21.8 Å². The number of carbonyl (C=O) groups is 4. The lowest BCUT2D eigenvalue weighted by Gasteiger charge is -2.36. The van der Waals surface area contributed by atoms with Crippen LogP contribution in [0.25, 0.3) is 11.0 Å². The molecule has 262 valence electrons. The van der Waals surface area contributed by atoms with Gasteiger partial charge in [0.05, 0.1) is 16.8 Å². The number of aryl methyl sites for hydroxylation is 2. The molecule has 2 aliphatic carbocycles. The second-order valence-electron chi connectivity index (χ2n) is 15.5. The fourth-order valence-electron chi connectivity index (χ4n) is 6.21. The zero-order valence-corrected chi connectivity index (χ0v) is 29.7. The molecular weight excluding hydrogens is 638 g/mol. The van der Waals surface area contributed by atoms with E-state index in [-0.39, 0.29) is 19.4 Å². The Bertz CT molecular complexity index is 1770. The molecule has 3 N–H and O–H groups in total. The number of alkyl carbamates (subject to hydrolysis) is 1. The SMILES string of the molecule is C=CC1CC1(NC(=O)[C@@H]1C[C@@H](n2nnc3cc(C)c(C)cc32)CN1C(=O)[C@@H](NC(=O)OC(C)(C)C)C(C)(C)C)C(=O)NS(=O)(=O)C1CC1. The molecule has 5 rings (SSSR count). The van der Waals surface area contributed by atoms with Gasteiger partial charge in [-0.25, -0.2) is 17.9 Å². The van der Waals surface area contributed by atoms with E-state index in [0.29, 0.717) is 18.4 Å². The van der Waals surface area contributed by atoms with Crippen molar-refractivity contribution in [3.8, 4) is 0 Å². The molecule has 2 aromatic rings. The molecule has 48 heavy (non-hydrogen) atoms. The zero-order valence-electron chi connectivity index (χ0n) is 28.9. The molecule has 1 saturated heterocycles. The van der Waals surface area contributed by atoms with E-state index in [4.69, 9.17) is 4.74 Å². The first kappa shape index (κ1) is 35.3. The Morgan fingerprint density at radius 1 is 1.08 bits per heavy atom. The number of amides is 4. The minimum atomic E-state index is -3.88. The Balaban J connectivity index is 1.48. The minimum Gasteiger partial charge on any atom is -0.444 e. The molecule has 4 amide bonds. The monoisotopic (exact) mass is 685 g/mol. The summed E-state index contributed by atoms with van der Waals surface area (Å²) in [5.74, 6) is -2.47. The first-order valence-corrected chi connectivity index (χ1v) is 17.8. The number of sulfonamides is 1. The van der Waals surface area contributed by atoms with E-state index in [1.54, 1.807) is 46.2 Å². The Hall–Kier alpha value is -4.01. The van der Waals surface area contributed by atoms with Crippen LogP contribution < -0.4 is 15.4 Å². The van der Waals surface area contributed by atoms with Crippen LogP contribution in [0.3, 0.4) is 0 Å². The molecular formula is C33H47N7O7S. The zero-order chi connectivity index (χ0) is 35.6. The highest BCUT2D eigenvalue weighted by Gasteiger charge is 2.62. The normalized spacial score (nSPS) is 24.9. The van der Waals surface area contributed by atoms with Crippen molar-refractivity contribution in [2.45, 2.75) is 116 Å². The third kappa shape index (κ3) is 7.06. The van der Waals surface area contributed by atoms with Crippen LogP contribution in [0.15, 0.2) is 24.8 Å². The predicted molar refractivity (Wildman–Crippen MR) is 178 cm³/mol. The van der Waals surface area contributed by atoms with Gasteiger partial charge in [0, 0.05) is 18.9 Å². The first-order valence-electron chi connectivity index (χ1n) is 16.3. The number of nitrogens with zero attached hydrogens (tertiary/aromatic N) is 4. The predicted octanol–water partition coefficient (Wildman–Crippen LogP) is 2.80. The van der Waals surface area contributed by atoms with Crippen LogP contribution >= 0.6 is 0 Å². The summed E-state index contributed by atoms with van der Waals surface area (Å²) < 4.78 is 34.6. The molecule has 1 aliphatic heterocycles. The Kier molecular flexibility index (Phi) is 8.93. The molecule has 3 aliphatic rings. The highest BCUT2D eigenvalue weighted by molar-refractivity contribution is 7.91. The molecule has 2 heterocycles. The van der Waals surface area contributed by atoms with Crippen LogP contribution in [0.2, 0.25) is 0 Å². The Morgan fingerprint density at radius 2 is 1.73 bits per heavy atom. The fourth-order valence-corrected chi connectivity index (χ4v) is 7.57. The molecule has 15 heteroatoms. The third-order valence-corrected chi connectivity index (χ3v) is 11.1. The average Bonchev–Trinajstić information content (AvgIpc) is 3.86. The minimum absolute atomic E-state index is 0.0605. The van der Waals surface area contributed by atoms with Gasteiger partial charge in [-0.1, -0.05) is 32.1 Å². The lowest BCUT2D eigenvalue weighted by Crippen LogP contribution is -2.60. The highest BCUT2D eigenvalue weighted by atomic mass is 32.2. The summed E-state index contributed by atoms with van der Waals surface area (Å²) in [6.45, 7) is 18.3. The molecule has 3 fully saturated rings. The van der Waals surface area contributed by atoms with Gasteiger partial charge in [-0.3, -0.25) is 19.1 Å². The van der Waals surface area contributed by atoms with Gasteiger partial charge in [0.15, 0.2) is 0 Å². The van der Waals surface area contributed by atoms with E-state index in [0.717, 1.165) is 16.6 Å². The van der Waals surface area contributed by atoms with E-state index < -0.39 is 79.7 Å². The number of rotatable bonds is 9. The van der Waals surface area contributed by atoms with Gasteiger partial charge in [0.25, 0.3) is 5.91 Å². The number of carbonyl (C=O) groups excluding carboxylic acids is 4. The largest absolute Gasteiger partial charge is 0.444 e. The van der Waals surface area contributed by atoms with Gasteiger partial charge >= 0.3 is 6.09 Å². The molecule has 0 spiro atoms. The second kappa shape index (κ2) is 12.1. The van der Waals surface area contributed by atoms with Crippen molar-refractivity contribution >= 4 is 44.9 Å². The van der Waals surface area contributed by atoms with Crippen LogP contribution in [-0.4, -0.2) is 87.1 Å². The maximum absolute atomic E-state index is 14.4. The van der Waals surface area contributed by atoms with E-state index in [2.05, 4.69) is 32.2 Å². The number of fused-ring (bicyclic) bond motifs is 1. The third-order valence-electron chi connectivity index (χ3n) is 9.32. The van der Waals surface area contributed by atoms with E-state index in [1.165, 1.54) is 11.0 Å². The van der Waals surface area contributed by atoms with Crippen molar-refractivity contribution in [1.82, 2.24) is 35.2 Å². The molecule has 0 bridgehead atoms. The average molecular weight is 686 g/mol. The maximum Gasteiger partial charge on any atom is 0.408 e. The highest BCUT2D eigenvalue weighted by Crippen LogP contribution is 2.46. The number of benzene rings is 1. The lowest BCUT2D eigenvalue weighted by molar-refractivity contribution is -0.143. The summed E-state index contributed by atoms with van der Waals surface area (Å²) in [6, 6.07) is 1.24. The molecule has 0 radical (unpaired) electrons. The molecule has 14 nitrogen and oxygen atoms in total. The smallest absolute Gasteiger partial charge is 0.408 e. The quantitative estimate of drug-likeness (QED) is 0.335. The van der Waals surface area contributed by atoms with Crippen LogP contribution in [-0.2, 0) is 29.1 Å². The van der Waals surface area contributed by atoms with E-state index in [1.807, 2.05) is 26.0 Å². The van der Waals surface area contributed by atoms with Gasteiger partial charge in [-0.15, -0.1) is 11.7 Å². The molecule has 1 aromatic carbocycles. The van der Waals surface area contributed by atoms with Crippen molar-refractivity contribution < 1.29 is 32.3 Å².